The van der Waals surface area contributed by atoms with Gasteiger partial charge in [-0.3, -0.25) is 4.79 Å². The van der Waals surface area contributed by atoms with Gasteiger partial charge in [0.25, 0.3) is 5.91 Å². The Kier molecular flexibility index (Phi) is 6.54. The monoisotopic (exact) mass is 419 g/mol. The SMILES string of the molecule is CCN(CC)C(=O)c1ccc(S(=O)(=O)N2CCN(c3ccc(F)cc3)CC2)cc1. The Morgan fingerprint density at radius 2 is 1.48 bits per heavy atom. The van der Waals surface area contributed by atoms with Crippen LogP contribution in [-0.2, 0) is 10.0 Å². The molecule has 3 rings (SSSR count). The molecule has 0 N–H and O–H groups in total. The molecule has 1 fully saturated rings. The Morgan fingerprint density at radius 1 is 0.931 bits per heavy atom. The zero-order chi connectivity index (χ0) is 21.0. The standard InChI is InChI=1S/C21H26FN3O3S/c1-3-23(4-2)21(26)17-5-11-20(12-6-17)29(27,28)25-15-13-24(14-16-25)19-9-7-18(22)8-10-19/h5-12H,3-4,13-16H2,1-2H3. The normalized spacial score (nSPS) is 15.3. The van der Waals surface area contributed by atoms with Gasteiger partial charge in [-0.2, -0.15) is 4.31 Å². The largest absolute Gasteiger partial charge is 0.369 e. The Bertz CT molecular complexity index is 934. The van der Waals surface area contributed by atoms with Crippen molar-refractivity contribution in [2.24, 2.45) is 0 Å². The number of hydrogen-bond donors (Lipinski definition) is 0. The molecule has 0 saturated carbocycles. The summed E-state index contributed by atoms with van der Waals surface area (Å²) >= 11 is 0. The molecule has 1 amide bonds. The average Bonchev–Trinajstić information content (AvgIpc) is 2.75. The Hall–Kier alpha value is -2.45. The van der Waals surface area contributed by atoms with E-state index in [9.17, 15) is 17.6 Å². The van der Waals surface area contributed by atoms with Crippen molar-refractivity contribution in [1.29, 1.82) is 0 Å². The van der Waals surface area contributed by atoms with Gasteiger partial charge in [0, 0.05) is 50.5 Å². The fourth-order valence-corrected chi connectivity index (χ4v) is 4.87. The minimum absolute atomic E-state index is 0.105. The fraction of sp³-hybridized carbons (Fsp3) is 0.381. The Labute approximate surface area is 171 Å². The van der Waals surface area contributed by atoms with Gasteiger partial charge in [0.1, 0.15) is 5.82 Å². The van der Waals surface area contributed by atoms with Crippen molar-refractivity contribution in [2.75, 3.05) is 44.2 Å². The quantitative estimate of drug-likeness (QED) is 0.723. The van der Waals surface area contributed by atoms with Gasteiger partial charge in [-0.1, -0.05) is 0 Å². The lowest BCUT2D eigenvalue weighted by molar-refractivity contribution is 0.0773. The summed E-state index contributed by atoms with van der Waals surface area (Å²) in [4.78, 5) is 16.3. The van der Waals surface area contributed by atoms with Crippen molar-refractivity contribution in [2.45, 2.75) is 18.7 Å². The highest BCUT2D eigenvalue weighted by atomic mass is 32.2. The van der Waals surface area contributed by atoms with Crippen molar-refractivity contribution in [3.05, 3.63) is 59.9 Å². The van der Waals surface area contributed by atoms with Crippen molar-refractivity contribution < 1.29 is 17.6 Å². The number of amides is 1. The number of carbonyl (C=O) groups excluding carboxylic acids is 1. The highest BCUT2D eigenvalue weighted by Gasteiger charge is 2.28. The third-order valence-corrected chi connectivity index (χ3v) is 7.13. The molecular weight excluding hydrogens is 393 g/mol. The zero-order valence-corrected chi connectivity index (χ0v) is 17.5. The molecule has 0 bridgehead atoms. The van der Waals surface area contributed by atoms with Gasteiger partial charge in [0.2, 0.25) is 10.0 Å². The van der Waals surface area contributed by atoms with E-state index in [-0.39, 0.29) is 16.6 Å². The Balaban J connectivity index is 1.68. The minimum Gasteiger partial charge on any atom is -0.369 e. The third kappa shape index (κ3) is 4.59. The van der Waals surface area contributed by atoms with Gasteiger partial charge in [-0.05, 0) is 62.4 Å². The third-order valence-electron chi connectivity index (χ3n) is 5.22. The first-order valence-electron chi connectivity index (χ1n) is 9.76. The van der Waals surface area contributed by atoms with Crippen LogP contribution in [0.2, 0.25) is 0 Å². The van der Waals surface area contributed by atoms with Crippen LogP contribution in [0.15, 0.2) is 53.4 Å². The Morgan fingerprint density at radius 3 is 2.00 bits per heavy atom. The van der Waals surface area contributed by atoms with E-state index < -0.39 is 10.0 Å². The van der Waals surface area contributed by atoms with Crippen LogP contribution >= 0.6 is 0 Å². The lowest BCUT2D eigenvalue weighted by Crippen LogP contribution is -2.48. The molecule has 0 unspecified atom stereocenters. The molecule has 1 aliphatic heterocycles. The summed E-state index contributed by atoms with van der Waals surface area (Å²) in [5.74, 6) is -0.398. The van der Waals surface area contributed by atoms with Gasteiger partial charge >= 0.3 is 0 Å². The molecular formula is C21H26FN3O3S. The molecule has 0 atom stereocenters. The number of hydrogen-bond acceptors (Lipinski definition) is 4. The van der Waals surface area contributed by atoms with E-state index in [2.05, 4.69) is 0 Å². The van der Waals surface area contributed by atoms with Gasteiger partial charge in [0.05, 0.1) is 4.90 Å². The average molecular weight is 420 g/mol. The van der Waals surface area contributed by atoms with Crippen molar-refractivity contribution >= 4 is 21.6 Å². The molecule has 156 valence electrons. The van der Waals surface area contributed by atoms with Gasteiger partial charge in [0.15, 0.2) is 0 Å². The summed E-state index contributed by atoms with van der Waals surface area (Å²) in [6, 6.07) is 12.3. The smallest absolute Gasteiger partial charge is 0.253 e. The number of rotatable bonds is 6. The summed E-state index contributed by atoms with van der Waals surface area (Å²) in [5.41, 5.74) is 1.36. The van der Waals surface area contributed by atoms with E-state index in [0.29, 0.717) is 44.8 Å². The lowest BCUT2D eigenvalue weighted by Gasteiger charge is -2.35. The summed E-state index contributed by atoms with van der Waals surface area (Å²) < 4.78 is 40.5. The first-order chi connectivity index (χ1) is 13.9. The molecule has 0 spiro atoms. The minimum atomic E-state index is -3.63. The number of benzene rings is 2. The zero-order valence-electron chi connectivity index (χ0n) is 16.7. The van der Waals surface area contributed by atoms with Crippen molar-refractivity contribution in [3.63, 3.8) is 0 Å². The summed E-state index contributed by atoms with van der Waals surface area (Å²) in [6.45, 7) is 6.78. The molecule has 1 saturated heterocycles. The van der Waals surface area contributed by atoms with E-state index in [4.69, 9.17) is 0 Å². The van der Waals surface area contributed by atoms with Crippen LogP contribution in [0, 0.1) is 5.82 Å². The molecule has 1 heterocycles. The maximum Gasteiger partial charge on any atom is 0.253 e. The molecule has 0 aromatic heterocycles. The number of nitrogens with zero attached hydrogens (tertiary/aromatic N) is 3. The predicted molar refractivity (Wildman–Crippen MR) is 111 cm³/mol. The highest BCUT2D eigenvalue weighted by molar-refractivity contribution is 7.89. The second-order valence-corrected chi connectivity index (χ2v) is 8.81. The van der Waals surface area contributed by atoms with Crippen LogP contribution in [0.4, 0.5) is 10.1 Å². The molecule has 2 aromatic rings. The van der Waals surface area contributed by atoms with E-state index >= 15 is 0 Å². The first-order valence-corrected chi connectivity index (χ1v) is 11.2. The maximum absolute atomic E-state index is 13.1. The van der Waals surface area contributed by atoms with Crippen LogP contribution in [0.5, 0.6) is 0 Å². The van der Waals surface area contributed by atoms with Gasteiger partial charge in [-0.15, -0.1) is 0 Å². The molecule has 29 heavy (non-hydrogen) atoms. The lowest BCUT2D eigenvalue weighted by atomic mass is 10.2. The molecule has 0 aliphatic carbocycles. The molecule has 2 aromatic carbocycles. The molecule has 6 nitrogen and oxygen atoms in total. The van der Waals surface area contributed by atoms with Crippen LogP contribution in [0.25, 0.3) is 0 Å². The highest BCUT2D eigenvalue weighted by Crippen LogP contribution is 2.22. The fourth-order valence-electron chi connectivity index (χ4n) is 3.45. The van der Waals surface area contributed by atoms with Crippen LogP contribution < -0.4 is 4.90 Å². The molecule has 8 heteroatoms. The van der Waals surface area contributed by atoms with E-state index in [1.807, 2.05) is 18.7 Å². The van der Waals surface area contributed by atoms with E-state index in [1.165, 1.54) is 28.6 Å². The first kappa shape index (κ1) is 21.3. The summed E-state index contributed by atoms with van der Waals surface area (Å²) in [6.07, 6.45) is 0. The van der Waals surface area contributed by atoms with Crippen molar-refractivity contribution in [1.82, 2.24) is 9.21 Å². The number of anilines is 1. The van der Waals surface area contributed by atoms with Crippen LogP contribution in [0.1, 0.15) is 24.2 Å². The topological polar surface area (TPSA) is 60.9 Å². The molecule has 0 radical (unpaired) electrons. The second kappa shape index (κ2) is 8.92. The van der Waals surface area contributed by atoms with Crippen LogP contribution in [-0.4, -0.2) is 62.8 Å². The van der Waals surface area contributed by atoms with Gasteiger partial charge < -0.3 is 9.80 Å². The summed E-state index contributed by atoms with van der Waals surface area (Å²) in [5, 5.41) is 0. The van der Waals surface area contributed by atoms with Crippen LogP contribution in [0.3, 0.4) is 0 Å². The number of halogens is 1. The number of carbonyl (C=O) groups is 1. The number of sulfonamides is 1. The predicted octanol–water partition coefficient (Wildman–Crippen LogP) is 2.82. The second-order valence-electron chi connectivity index (χ2n) is 6.87. The van der Waals surface area contributed by atoms with Gasteiger partial charge in [-0.25, -0.2) is 12.8 Å². The summed E-state index contributed by atoms with van der Waals surface area (Å²) in [7, 11) is -3.63. The van der Waals surface area contributed by atoms with Crippen molar-refractivity contribution in [3.8, 4) is 0 Å². The van der Waals surface area contributed by atoms with E-state index in [1.54, 1.807) is 29.2 Å². The molecule has 1 aliphatic rings. The van der Waals surface area contributed by atoms with E-state index in [0.717, 1.165) is 5.69 Å². The number of piperazine rings is 1. The maximum atomic E-state index is 13.1.